The maximum absolute atomic E-state index is 11.3. The molecule has 0 unspecified atom stereocenters. The summed E-state index contributed by atoms with van der Waals surface area (Å²) in [6.45, 7) is 12.8. The first-order valence-corrected chi connectivity index (χ1v) is 6.44. The van der Waals surface area contributed by atoms with Crippen molar-refractivity contribution in [3.8, 4) is 5.75 Å². The van der Waals surface area contributed by atoms with E-state index in [4.69, 9.17) is 16.3 Å². The summed E-state index contributed by atoms with van der Waals surface area (Å²) < 4.78 is 5.89. The smallest absolute Gasteiger partial charge is 0.252 e. The highest BCUT2D eigenvalue weighted by Gasteiger charge is 2.17. The largest absolute Gasteiger partial charge is 0.492 e. The average molecular weight is 269 g/mol. The van der Waals surface area contributed by atoms with Gasteiger partial charge in [0.1, 0.15) is 5.75 Å². The average Bonchev–Trinajstić information content (AvgIpc) is 2.21. The van der Waals surface area contributed by atoms with Gasteiger partial charge in [-0.1, -0.05) is 20.8 Å². The van der Waals surface area contributed by atoms with Crippen LogP contribution >= 0.6 is 11.6 Å². The lowest BCUT2D eigenvalue weighted by Gasteiger charge is -2.22. The molecule has 0 aliphatic rings. The number of hydrogen-bond acceptors (Lipinski definition) is 2. The van der Waals surface area contributed by atoms with Crippen LogP contribution in [0.3, 0.4) is 0 Å². The van der Waals surface area contributed by atoms with Crippen molar-refractivity contribution in [1.29, 1.82) is 0 Å². The summed E-state index contributed by atoms with van der Waals surface area (Å²) in [7, 11) is 0. The van der Waals surface area contributed by atoms with Crippen LogP contribution in [0.1, 0.15) is 47.8 Å². The molecule has 0 saturated carbocycles. The molecule has 0 spiro atoms. The highest BCUT2D eigenvalue weighted by atomic mass is 35.5. The van der Waals surface area contributed by atoms with Gasteiger partial charge in [0.25, 0.3) is 5.24 Å². The molecule has 1 aromatic rings. The van der Waals surface area contributed by atoms with E-state index in [-0.39, 0.29) is 5.41 Å². The van der Waals surface area contributed by atoms with Gasteiger partial charge in [-0.25, -0.2) is 0 Å². The van der Waals surface area contributed by atoms with Gasteiger partial charge in [0.15, 0.2) is 0 Å². The fourth-order valence-electron chi connectivity index (χ4n) is 1.77. The molecule has 0 aliphatic heterocycles. The number of rotatable bonds is 3. The summed E-state index contributed by atoms with van der Waals surface area (Å²) in [6, 6.07) is 1.80. The first-order valence-electron chi connectivity index (χ1n) is 6.07. The van der Waals surface area contributed by atoms with E-state index in [1.807, 2.05) is 20.8 Å². The molecule has 0 bridgehead atoms. The van der Waals surface area contributed by atoms with E-state index in [0.717, 1.165) is 22.4 Å². The van der Waals surface area contributed by atoms with E-state index in [9.17, 15) is 4.79 Å². The zero-order valence-corrected chi connectivity index (χ0v) is 12.7. The van der Waals surface area contributed by atoms with Crippen molar-refractivity contribution < 1.29 is 9.53 Å². The third kappa shape index (κ3) is 3.49. The monoisotopic (exact) mass is 268 g/mol. The van der Waals surface area contributed by atoms with Crippen molar-refractivity contribution in [2.24, 2.45) is 5.41 Å². The van der Waals surface area contributed by atoms with Gasteiger partial charge in [0.2, 0.25) is 0 Å². The summed E-state index contributed by atoms with van der Waals surface area (Å²) >= 11 is 5.57. The van der Waals surface area contributed by atoms with Crippen molar-refractivity contribution in [2.45, 2.75) is 41.5 Å². The van der Waals surface area contributed by atoms with Crippen molar-refractivity contribution in [3.63, 3.8) is 0 Å². The van der Waals surface area contributed by atoms with Crippen LogP contribution in [0.4, 0.5) is 0 Å². The van der Waals surface area contributed by atoms with Gasteiger partial charge in [-0.15, -0.1) is 0 Å². The molecule has 3 heteroatoms. The third-order valence-corrected chi connectivity index (χ3v) is 3.09. The lowest BCUT2D eigenvalue weighted by atomic mass is 9.97. The van der Waals surface area contributed by atoms with Crippen molar-refractivity contribution in [3.05, 3.63) is 28.3 Å². The second kappa shape index (κ2) is 5.31. The van der Waals surface area contributed by atoms with Gasteiger partial charge in [0, 0.05) is 5.56 Å². The Balaban J connectivity index is 3.15. The molecule has 2 nitrogen and oxygen atoms in total. The van der Waals surface area contributed by atoms with E-state index in [1.54, 1.807) is 6.07 Å². The minimum atomic E-state index is -0.416. The van der Waals surface area contributed by atoms with Crippen molar-refractivity contribution in [1.82, 2.24) is 0 Å². The molecule has 0 radical (unpaired) electrons. The summed E-state index contributed by atoms with van der Waals surface area (Å²) in [5, 5.41) is -0.416. The SMILES string of the molecule is Cc1cc(C(=O)Cl)c(C)c(C)c1OCC(C)(C)C. The summed E-state index contributed by atoms with van der Waals surface area (Å²) in [6.07, 6.45) is 0. The Bertz CT molecular complexity index is 470. The number of carbonyl (C=O) groups is 1. The Kier molecular flexibility index (Phi) is 4.44. The Morgan fingerprint density at radius 2 is 1.78 bits per heavy atom. The fourth-order valence-corrected chi connectivity index (χ4v) is 1.97. The predicted octanol–water partition coefficient (Wildman–Crippen LogP) is 4.42. The number of carbonyl (C=O) groups excluding carboxylic acids is 1. The highest BCUT2D eigenvalue weighted by molar-refractivity contribution is 6.68. The van der Waals surface area contributed by atoms with Crippen molar-refractivity contribution in [2.75, 3.05) is 6.61 Å². The summed E-state index contributed by atoms with van der Waals surface area (Å²) in [4.78, 5) is 11.3. The van der Waals surface area contributed by atoms with E-state index in [0.29, 0.717) is 12.2 Å². The number of aryl methyl sites for hydroxylation is 1. The molecule has 0 aliphatic carbocycles. The summed E-state index contributed by atoms with van der Waals surface area (Å²) in [5.41, 5.74) is 3.50. The van der Waals surface area contributed by atoms with E-state index in [2.05, 4.69) is 20.8 Å². The molecule has 0 fully saturated rings. The minimum absolute atomic E-state index is 0.105. The second-order valence-electron chi connectivity index (χ2n) is 5.94. The van der Waals surface area contributed by atoms with Gasteiger partial charge >= 0.3 is 0 Å². The van der Waals surface area contributed by atoms with Crippen LogP contribution in [0, 0.1) is 26.2 Å². The lowest BCUT2D eigenvalue weighted by molar-refractivity contribution is 0.108. The highest BCUT2D eigenvalue weighted by Crippen LogP contribution is 2.30. The number of halogens is 1. The Hall–Kier alpha value is -1.02. The standard InChI is InChI=1S/C15H21ClO2/c1-9-7-12(14(16)17)10(2)11(3)13(9)18-8-15(4,5)6/h7H,8H2,1-6H3. The van der Waals surface area contributed by atoms with Crippen molar-refractivity contribution >= 4 is 16.8 Å². The third-order valence-electron chi connectivity index (χ3n) is 2.89. The number of ether oxygens (including phenoxy) is 1. The molecule has 0 atom stereocenters. The van der Waals surface area contributed by atoms with E-state index < -0.39 is 5.24 Å². The Morgan fingerprint density at radius 3 is 2.22 bits per heavy atom. The molecule has 18 heavy (non-hydrogen) atoms. The topological polar surface area (TPSA) is 26.3 Å². The van der Waals surface area contributed by atoms with Crippen LogP contribution in [-0.4, -0.2) is 11.8 Å². The maximum atomic E-state index is 11.3. The Morgan fingerprint density at radius 1 is 1.22 bits per heavy atom. The first kappa shape index (κ1) is 15.0. The van der Waals surface area contributed by atoms with Gasteiger partial charge in [-0.05, 0) is 60.5 Å². The molecular formula is C15H21ClO2. The first-order chi connectivity index (χ1) is 8.13. The van der Waals surface area contributed by atoms with Crippen LogP contribution in [0.15, 0.2) is 6.07 Å². The van der Waals surface area contributed by atoms with Crippen LogP contribution in [0.25, 0.3) is 0 Å². The molecule has 0 amide bonds. The van der Waals surface area contributed by atoms with Gasteiger partial charge < -0.3 is 4.74 Å². The molecule has 1 rings (SSSR count). The lowest BCUT2D eigenvalue weighted by Crippen LogP contribution is -2.18. The molecule has 100 valence electrons. The molecule has 1 aromatic carbocycles. The van der Waals surface area contributed by atoms with Gasteiger partial charge in [-0.2, -0.15) is 0 Å². The zero-order valence-electron chi connectivity index (χ0n) is 12.0. The zero-order chi connectivity index (χ0) is 14.1. The maximum Gasteiger partial charge on any atom is 0.252 e. The van der Waals surface area contributed by atoms with Crippen LogP contribution < -0.4 is 4.74 Å². The quantitative estimate of drug-likeness (QED) is 0.759. The second-order valence-corrected chi connectivity index (χ2v) is 6.29. The van der Waals surface area contributed by atoms with Gasteiger partial charge in [0.05, 0.1) is 6.61 Å². The molecule has 0 aromatic heterocycles. The van der Waals surface area contributed by atoms with Crippen LogP contribution in [0.5, 0.6) is 5.75 Å². The van der Waals surface area contributed by atoms with Gasteiger partial charge in [-0.3, -0.25) is 4.79 Å². The van der Waals surface area contributed by atoms with E-state index >= 15 is 0 Å². The molecule has 0 N–H and O–H groups in total. The minimum Gasteiger partial charge on any atom is -0.492 e. The Labute approximate surface area is 114 Å². The van der Waals surface area contributed by atoms with Crippen LogP contribution in [-0.2, 0) is 0 Å². The molecule has 0 saturated heterocycles. The van der Waals surface area contributed by atoms with Crippen LogP contribution in [0.2, 0.25) is 0 Å². The molecule has 0 heterocycles. The van der Waals surface area contributed by atoms with E-state index in [1.165, 1.54) is 0 Å². The summed E-state index contributed by atoms with van der Waals surface area (Å²) in [5.74, 6) is 0.865. The number of hydrogen-bond donors (Lipinski definition) is 0. The fraction of sp³-hybridized carbons (Fsp3) is 0.533. The predicted molar refractivity (Wildman–Crippen MR) is 75.8 cm³/mol. The normalized spacial score (nSPS) is 11.5. The molecular weight excluding hydrogens is 248 g/mol. The number of benzene rings is 1.